The molecule has 0 aliphatic heterocycles. The first kappa shape index (κ1) is 15.7. The Kier molecular flexibility index (Phi) is 7.24. The Morgan fingerprint density at radius 2 is 1.89 bits per heavy atom. The number of hydrogen-bond acceptors (Lipinski definition) is 1. The second kappa shape index (κ2) is 8.73. The number of carbonyl (C=O) groups excluding carboxylic acids is 1. The Morgan fingerprint density at radius 1 is 1.21 bits per heavy atom. The second-order valence-corrected chi connectivity index (χ2v) is 5.29. The first-order valence-electron chi connectivity index (χ1n) is 7.51. The average Bonchev–Trinajstić information content (AvgIpc) is 2.47. The fourth-order valence-corrected chi connectivity index (χ4v) is 2.23. The Hall–Kier alpha value is -1.31. The van der Waals surface area contributed by atoms with Crippen LogP contribution in [0.5, 0.6) is 0 Å². The van der Waals surface area contributed by atoms with E-state index in [1.807, 2.05) is 37.3 Å². The van der Waals surface area contributed by atoms with Gasteiger partial charge < -0.3 is 5.32 Å². The van der Waals surface area contributed by atoms with Crippen molar-refractivity contribution < 1.29 is 4.79 Å². The highest BCUT2D eigenvalue weighted by molar-refractivity contribution is 5.83. The molecule has 2 nitrogen and oxygen atoms in total. The topological polar surface area (TPSA) is 29.1 Å². The van der Waals surface area contributed by atoms with E-state index in [2.05, 4.69) is 19.2 Å². The van der Waals surface area contributed by atoms with Crippen molar-refractivity contribution in [2.24, 2.45) is 5.92 Å². The lowest BCUT2D eigenvalue weighted by atomic mass is 9.97. The molecule has 106 valence electrons. The summed E-state index contributed by atoms with van der Waals surface area (Å²) in [5, 5.41) is 3.10. The van der Waals surface area contributed by atoms with Crippen molar-refractivity contribution in [1.82, 2.24) is 5.32 Å². The molecule has 1 aromatic rings. The molecule has 1 N–H and O–H groups in total. The molecule has 0 fully saturated rings. The van der Waals surface area contributed by atoms with Crippen LogP contribution < -0.4 is 5.32 Å². The van der Waals surface area contributed by atoms with Gasteiger partial charge in [0.1, 0.15) is 0 Å². The Labute approximate surface area is 117 Å². The van der Waals surface area contributed by atoms with Gasteiger partial charge in [-0.2, -0.15) is 0 Å². The van der Waals surface area contributed by atoms with Crippen molar-refractivity contribution in [3.05, 3.63) is 35.9 Å². The van der Waals surface area contributed by atoms with E-state index in [1.54, 1.807) is 0 Å². The van der Waals surface area contributed by atoms with Crippen molar-refractivity contribution in [3.8, 4) is 0 Å². The van der Waals surface area contributed by atoms with Crippen LogP contribution in [0.25, 0.3) is 0 Å². The summed E-state index contributed by atoms with van der Waals surface area (Å²) >= 11 is 0. The Morgan fingerprint density at radius 3 is 2.47 bits per heavy atom. The molecule has 0 aliphatic carbocycles. The predicted molar refractivity (Wildman–Crippen MR) is 81.2 cm³/mol. The van der Waals surface area contributed by atoms with E-state index in [0.29, 0.717) is 5.92 Å². The van der Waals surface area contributed by atoms with Gasteiger partial charge in [-0.15, -0.1) is 0 Å². The molecule has 1 rings (SSSR count). The van der Waals surface area contributed by atoms with Crippen LogP contribution in [0.1, 0.15) is 57.9 Å². The van der Waals surface area contributed by atoms with Crippen LogP contribution in [0.4, 0.5) is 0 Å². The number of carbonyl (C=O) groups is 1. The van der Waals surface area contributed by atoms with Gasteiger partial charge in [0.05, 0.1) is 5.92 Å². The Balaban J connectivity index is 2.42. The molecular weight excluding hydrogens is 234 g/mol. The molecule has 19 heavy (non-hydrogen) atoms. The standard InChI is InChI=1S/C17H27NO/c1-4-6-10-15(5-2)13-18-17(19)14(3)16-11-8-7-9-12-16/h7-9,11-12,14-15H,4-6,10,13H2,1-3H3,(H,18,19)/t14-,15+/m1/s1. The summed E-state index contributed by atoms with van der Waals surface area (Å²) in [7, 11) is 0. The van der Waals surface area contributed by atoms with Crippen LogP contribution >= 0.6 is 0 Å². The van der Waals surface area contributed by atoms with E-state index in [9.17, 15) is 4.79 Å². The van der Waals surface area contributed by atoms with E-state index >= 15 is 0 Å². The lowest BCUT2D eigenvalue weighted by Gasteiger charge is -2.18. The van der Waals surface area contributed by atoms with Crippen LogP contribution in [0.15, 0.2) is 30.3 Å². The van der Waals surface area contributed by atoms with Crippen LogP contribution in [0, 0.1) is 5.92 Å². The van der Waals surface area contributed by atoms with Gasteiger partial charge in [0.2, 0.25) is 5.91 Å². The van der Waals surface area contributed by atoms with Gasteiger partial charge in [-0.3, -0.25) is 4.79 Å². The van der Waals surface area contributed by atoms with Gasteiger partial charge in [-0.05, 0) is 24.8 Å². The molecule has 0 spiro atoms. The second-order valence-electron chi connectivity index (χ2n) is 5.29. The number of amides is 1. The average molecular weight is 261 g/mol. The Bertz CT molecular complexity index is 361. The number of benzene rings is 1. The molecule has 0 heterocycles. The van der Waals surface area contributed by atoms with Gasteiger partial charge in [0.15, 0.2) is 0 Å². The first-order valence-corrected chi connectivity index (χ1v) is 7.51. The molecule has 2 atom stereocenters. The SMILES string of the molecule is CCCC[C@H](CC)CNC(=O)[C@H](C)c1ccccc1. The van der Waals surface area contributed by atoms with Gasteiger partial charge >= 0.3 is 0 Å². The van der Waals surface area contributed by atoms with Gasteiger partial charge in [-0.25, -0.2) is 0 Å². The van der Waals surface area contributed by atoms with Crippen LogP contribution in [-0.2, 0) is 4.79 Å². The third kappa shape index (κ3) is 5.46. The van der Waals surface area contributed by atoms with E-state index in [1.165, 1.54) is 19.3 Å². The monoisotopic (exact) mass is 261 g/mol. The molecule has 0 bridgehead atoms. The molecule has 0 unspecified atom stereocenters. The maximum Gasteiger partial charge on any atom is 0.227 e. The van der Waals surface area contributed by atoms with E-state index in [0.717, 1.165) is 18.5 Å². The van der Waals surface area contributed by atoms with Gasteiger partial charge in [-0.1, -0.05) is 63.4 Å². The summed E-state index contributed by atoms with van der Waals surface area (Å²) in [5.74, 6) is 0.693. The normalized spacial score (nSPS) is 13.8. The van der Waals surface area contributed by atoms with E-state index in [4.69, 9.17) is 0 Å². The lowest BCUT2D eigenvalue weighted by molar-refractivity contribution is -0.122. The first-order chi connectivity index (χ1) is 9.19. The van der Waals surface area contributed by atoms with Gasteiger partial charge in [0, 0.05) is 6.54 Å². The summed E-state index contributed by atoms with van der Waals surface area (Å²) < 4.78 is 0. The highest BCUT2D eigenvalue weighted by Crippen LogP contribution is 2.16. The maximum absolute atomic E-state index is 12.1. The zero-order valence-corrected chi connectivity index (χ0v) is 12.5. The molecule has 0 radical (unpaired) electrons. The number of hydrogen-bond donors (Lipinski definition) is 1. The third-order valence-electron chi connectivity index (χ3n) is 3.80. The highest BCUT2D eigenvalue weighted by atomic mass is 16.1. The zero-order chi connectivity index (χ0) is 14.1. The minimum Gasteiger partial charge on any atom is -0.355 e. The highest BCUT2D eigenvalue weighted by Gasteiger charge is 2.15. The zero-order valence-electron chi connectivity index (χ0n) is 12.5. The summed E-state index contributed by atoms with van der Waals surface area (Å²) in [4.78, 5) is 12.1. The molecule has 1 aromatic carbocycles. The van der Waals surface area contributed by atoms with Crippen molar-refractivity contribution in [3.63, 3.8) is 0 Å². The molecule has 0 saturated carbocycles. The number of rotatable bonds is 8. The number of nitrogens with one attached hydrogen (secondary N) is 1. The summed E-state index contributed by atoms with van der Waals surface area (Å²) in [6.07, 6.45) is 4.83. The smallest absolute Gasteiger partial charge is 0.227 e. The van der Waals surface area contributed by atoms with Crippen LogP contribution in [0.2, 0.25) is 0 Å². The summed E-state index contributed by atoms with van der Waals surface area (Å²) in [6.45, 7) is 7.19. The molecule has 0 aliphatic rings. The fraction of sp³-hybridized carbons (Fsp3) is 0.588. The molecule has 0 aromatic heterocycles. The third-order valence-corrected chi connectivity index (χ3v) is 3.80. The van der Waals surface area contributed by atoms with Crippen LogP contribution in [0.3, 0.4) is 0 Å². The molecular formula is C17H27NO. The fourth-order valence-electron chi connectivity index (χ4n) is 2.23. The summed E-state index contributed by atoms with van der Waals surface area (Å²) in [6, 6.07) is 9.97. The quantitative estimate of drug-likeness (QED) is 0.749. The van der Waals surface area contributed by atoms with Gasteiger partial charge in [0.25, 0.3) is 0 Å². The van der Waals surface area contributed by atoms with Crippen molar-refractivity contribution >= 4 is 5.91 Å². The summed E-state index contributed by atoms with van der Waals surface area (Å²) in [5.41, 5.74) is 1.08. The minimum absolute atomic E-state index is 0.0649. The largest absolute Gasteiger partial charge is 0.355 e. The van der Waals surface area contributed by atoms with Crippen molar-refractivity contribution in [2.45, 2.75) is 52.4 Å². The van der Waals surface area contributed by atoms with Crippen molar-refractivity contribution in [1.29, 1.82) is 0 Å². The number of unbranched alkanes of at least 4 members (excludes halogenated alkanes) is 1. The van der Waals surface area contributed by atoms with Crippen molar-refractivity contribution in [2.75, 3.05) is 6.54 Å². The van der Waals surface area contributed by atoms with E-state index < -0.39 is 0 Å². The molecule has 0 saturated heterocycles. The molecule has 1 amide bonds. The van der Waals surface area contributed by atoms with E-state index in [-0.39, 0.29) is 11.8 Å². The minimum atomic E-state index is -0.0649. The lowest BCUT2D eigenvalue weighted by Crippen LogP contribution is -2.32. The molecule has 2 heteroatoms. The van der Waals surface area contributed by atoms with Crippen LogP contribution in [-0.4, -0.2) is 12.5 Å². The predicted octanol–water partition coefficient (Wildman–Crippen LogP) is 4.12. The maximum atomic E-state index is 12.1.